The molecule has 0 atom stereocenters. The zero-order valence-electron chi connectivity index (χ0n) is 12.2. The summed E-state index contributed by atoms with van der Waals surface area (Å²) in [6.07, 6.45) is 3.84. The van der Waals surface area contributed by atoms with Crippen LogP contribution in [0.1, 0.15) is 23.2 Å². The van der Waals surface area contributed by atoms with Crippen molar-refractivity contribution >= 4 is 17.1 Å². The second-order valence-corrected chi connectivity index (χ2v) is 5.34. The molecule has 2 heterocycles. The van der Waals surface area contributed by atoms with Gasteiger partial charge in [-0.2, -0.15) is 0 Å². The van der Waals surface area contributed by atoms with Crippen LogP contribution in [-0.4, -0.2) is 4.98 Å². The number of benzene rings is 1. The third-order valence-corrected chi connectivity index (χ3v) is 3.74. The van der Waals surface area contributed by atoms with E-state index < -0.39 is 0 Å². The van der Waals surface area contributed by atoms with Gasteiger partial charge in [0.1, 0.15) is 0 Å². The van der Waals surface area contributed by atoms with E-state index in [0.717, 1.165) is 46.9 Å². The molecule has 0 aliphatic carbocycles. The summed E-state index contributed by atoms with van der Waals surface area (Å²) in [6, 6.07) is 10.3. The van der Waals surface area contributed by atoms with E-state index >= 15 is 0 Å². The van der Waals surface area contributed by atoms with Crippen molar-refractivity contribution in [3.63, 3.8) is 0 Å². The number of aryl methyl sites for hydroxylation is 2. The number of aromatic nitrogens is 1. The molecule has 1 aliphatic rings. The summed E-state index contributed by atoms with van der Waals surface area (Å²) in [4.78, 5) is 4.30. The van der Waals surface area contributed by atoms with Gasteiger partial charge in [0.05, 0.1) is 0 Å². The number of hydrogen-bond donors (Lipinski definition) is 2. The second kappa shape index (κ2) is 5.44. The lowest BCUT2D eigenvalue weighted by molar-refractivity contribution is 0.919. The van der Waals surface area contributed by atoms with E-state index in [0.29, 0.717) is 0 Å². The number of pyridine rings is 1. The third-order valence-electron chi connectivity index (χ3n) is 3.74. The average molecular weight is 277 g/mol. The Kier molecular flexibility index (Phi) is 3.48. The quantitative estimate of drug-likeness (QED) is 0.876. The highest BCUT2D eigenvalue weighted by molar-refractivity contribution is 5.78. The topological polar surface area (TPSA) is 37.0 Å². The molecule has 2 N–H and O–H groups in total. The minimum Gasteiger partial charge on any atom is -0.359 e. The van der Waals surface area contributed by atoms with Crippen molar-refractivity contribution in [2.75, 3.05) is 10.6 Å². The standard InChI is InChI=1S/C18H19N3/c1-12-6-7-15-8-9-16(11-18(15)20-12)21-14(3)17-5-4-10-19-13(17)2/h4-5,8-11,20-21H,1,3,6-7H2,2H3. The normalized spacial score (nSPS) is 13.3. The molecule has 1 aliphatic heterocycles. The van der Waals surface area contributed by atoms with Gasteiger partial charge in [-0.05, 0) is 49.6 Å². The van der Waals surface area contributed by atoms with Crippen LogP contribution in [0.2, 0.25) is 0 Å². The highest BCUT2D eigenvalue weighted by Gasteiger charge is 2.12. The van der Waals surface area contributed by atoms with E-state index in [9.17, 15) is 0 Å². The maximum absolute atomic E-state index is 4.30. The smallest absolute Gasteiger partial charge is 0.0465 e. The van der Waals surface area contributed by atoms with Gasteiger partial charge >= 0.3 is 0 Å². The summed E-state index contributed by atoms with van der Waals surface area (Å²) in [5.41, 5.74) is 7.41. The molecule has 0 amide bonds. The van der Waals surface area contributed by atoms with Crippen LogP contribution in [0, 0.1) is 6.92 Å². The summed E-state index contributed by atoms with van der Waals surface area (Å²) in [5, 5.41) is 6.71. The molecule has 1 aromatic heterocycles. The molecule has 106 valence electrons. The predicted molar refractivity (Wildman–Crippen MR) is 89.2 cm³/mol. The first kappa shape index (κ1) is 13.4. The number of nitrogens with zero attached hydrogens (tertiary/aromatic N) is 1. The lowest BCUT2D eigenvalue weighted by Gasteiger charge is -2.21. The molecular weight excluding hydrogens is 258 g/mol. The van der Waals surface area contributed by atoms with Crippen LogP contribution in [0.4, 0.5) is 11.4 Å². The first-order valence-electron chi connectivity index (χ1n) is 7.09. The monoisotopic (exact) mass is 277 g/mol. The molecule has 2 aromatic rings. The van der Waals surface area contributed by atoms with Crippen molar-refractivity contribution in [3.05, 3.63) is 72.2 Å². The van der Waals surface area contributed by atoms with Gasteiger partial charge in [0, 0.05) is 40.2 Å². The molecule has 3 rings (SSSR count). The van der Waals surface area contributed by atoms with Crippen LogP contribution >= 0.6 is 0 Å². The van der Waals surface area contributed by atoms with E-state index in [1.54, 1.807) is 6.20 Å². The van der Waals surface area contributed by atoms with Gasteiger partial charge in [-0.15, -0.1) is 0 Å². The molecule has 21 heavy (non-hydrogen) atoms. The van der Waals surface area contributed by atoms with E-state index in [2.05, 4.69) is 47.0 Å². The number of hydrogen-bond acceptors (Lipinski definition) is 3. The zero-order chi connectivity index (χ0) is 14.8. The van der Waals surface area contributed by atoms with E-state index in [-0.39, 0.29) is 0 Å². The van der Waals surface area contributed by atoms with Gasteiger partial charge in [-0.1, -0.05) is 19.2 Å². The lowest BCUT2D eigenvalue weighted by Crippen LogP contribution is -2.09. The van der Waals surface area contributed by atoms with Crippen LogP contribution in [-0.2, 0) is 6.42 Å². The van der Waals surface area contributed by atoms with Crippen molar-refractivity contribution in [3.8, 4) is 0 Å². The number of anilines is 2. The zero-order valence-corrected chi connectivity index (χ0v) is 12.2. The Labute approximate surface area is 125 Å². The fourth-order valence-electron chi connectivity index (χ4n) is 2.57. The highest BCUT2D eigenvalue weighted by Crippen LogP contribution is 2.30. The highest BCUT2D eigenvalue weighted by atomic mass is 14.9. The van der Waals surface area contributed by atoms with Crippen molar-refractivity contribution in [2.24, 2.45) is 0 Å². The largest absolute Gasteiger partial charge is 0.359 e. The Hall–Kier alpha value is -2.55. The maximum Gasteiger partial charge on any atom is 0.0465 e. The number of nitrogens with one attached hydrogen (secondary N) is 2. The Morgan fingerprint density at radius 2 is 2.14 bits per heavy atom. The lowest BCUT2D eigenvalue weighted by atomic mass is 10.0. The van der Waals surface area contributed by atoms with Gasteiger partial charge in [0.25, 0.3) is 0 Å². The number of allylic oxidation sites excluding steroid dienone is 1. The molecule has 0 bridgehead atoms. The Balaban J connectivity index is 1.82. The molecule has 0 spiro atoms. The van der Waals surface area contributed by atoms with Crippen molar-refractivity contribution < 1.29 is 0 Å². The molecule has 3 nitrogen and oxygen atoms in total. The van der Waals surface area contributed by atoms with Gasteiger partial charge in [-0.3, -0.25) is 4.98 Å². The van der Waals surface area contributed by atoms with Gasteiger partial charge < -0.3 is 10.6 Å². The molecule has 0 saturated carbocycles. The van der Waals surface area contributed by atoms with Crippen molar-refractivity contribution in [2.45, 2.75) is 19.8 Å². The molecule has 0 radical (unpaired) electrons. The fraction of sp³-hybridized carbons (Fsp3) is 0.167. The van der Waals surface area contributed by atoms with Crippen molar-refractivity contribution in [1.82, 2.24) is 4.98 Å². The van der Waals surface area contributed by atoms with Crippen LogP contribution in [0.5, 0.6) is 0 Å². The molecule has 1 aromatic carbocycles. The van der Waals surface area contributed by atoms with E-state index in [1.165, 1.54) is 5.56 Å². The molecule has 0 saturated heterocycles. The molecule has 0 fully saturated rings. The van der Waals surface area contributed by atoms with Crippen LogP contribution in [0.25, 0.3) is 5.70 Å². The second-order valence-electron chi connectivity index (χ2n) is 5.34. The van der Waals surface area contributed by atoms with Crippen LogP contribution in [0.15, 0.2) is 55.4 Å². The van der Waals surface area contributed by atoms with E-state index in [4.69, 9.17) is 0 Å². The van der Waals surface area contributed by atoms with E-state index in [1.807, 2.05) is 19.1 Å². The summed E-state index contributed by atoms with van der Waals surface area (Å²) >= 11 is 0. The summed E-state index contributed by atoms with van der Waals surface area (Å²) in [5.74, 6) is 0. The minimum atomic E-state index is 0.857. The summed E-state index contributed by atoms with van der Waals surface area (Å²) in [7, 11) is 0. The van der Waals surface area contributed by atoms with Crippen LogP contribution in [0.3, 0.4) is 0 Å². The number of rotatable bonds is 3. The predicted octanol–water partition coefficient (Wildman–Crippen LogP) is 4.34. The van der Waals surface area contributed by atoms with Crippen molar-refractivity contribution in [1.29, 1.82) is 0 Å². The summed E-state index contributed by atoms with van der Waals surface area (Å²) < 4.78 is 0. The van der Waals surface area contributed by atoms with Crippen LogP contribution < -0.4 is 10.6 Å². The Bertz CT molecular complexity index is 716. The third kappa shape index (κ3) is 2.82. The molecule has 0 unspecified atom stereocenters. The van der Waals surface area contributed by atoms with Gasteiger partial charge in [0.15, 0.2) is 0 Å². The maximum atomic E-state index is 4.30. The van der Waals surface area contributed by atoms with Gasteiger partial charge in [-0.25, -0.2) is 0 Å². The SMILES string of the molecule is C=C1CCc2ccc(NC(=C)c3cccnc3C)cc2N1. The molecule has 3 heteroatoms. The number of fused-ring (bicyclic) bond motifs is 1. The average Bonchev–Trinajstić information content (AvgIpc) is 2.47. The fourth-order valence-corrected chi connectivity index (χ4v) is 2.57. The Morgan fingerprint density at radius 3 is 2.95 bits per heavy atom. The Morgan fingerprint density at radius 1 is 1.29 bits per heavy atom. The minimum absolute atomic E-state index is 0.857. The first-order valence-corrected chi connectivity index (χ1v) is 7.09. The molecular formula is C18H19N3. The first-order chi connectivity index (χ1) is 10.1. The van der Waals surface area contributed by atoms with Gasteiger partial charge in [0.2, 0.25) is 0 Å². The summed E-state index contributed by atoms with van der Waals surface area (Å²) in [6.45, 7) is 10.1.